The first-order chi connectivity index (χ1) is 10.7. The fourth-order valence-corrected chi connectivity index (χ4v) is 2.02. The maximum atomic E-state index is 10.3. The molecule has 0 aromatic heterocycles. The van der Waals surface area contributed by atoms with Crippen molar-refractivity contribution >= 4 is 0 Å². The number of aliphatic hydroxyl groups is 1. The maximum absolute atomic E-state index is 10.3. The summed E-state index contributed by atoms with van der Waals surface area (Å²) in [4.78, 5) is 0. The van der Waals surface area contributed by atoms with E-state index < -0.39 is 6.10 Å². The quantitative estimate of drug-likeness (QED) is 0.882. The van der Waals surface area contributed by atoms with Crippen molar-refractivity contribution < 1.29 is 19.3 Å². The number of benzene rings is 2. The minimum Gasteiger partial charge on any atom is -0.493 e. The first-order valence-corrected chi connectivity index (χ1v) is 6.74. The van der Waals surface area contributed by atoms with Gasteiger partial charge in [-0.1, -0.05) is 30.0 Å². The van der Waals surface area contributed by atoms with Crippen LogP contribution in [-0.4, -0.2) is 26.4 Å². The first-order valence-electron chi connectivity index (χ1n) is 6.74. The molecule has 0 fully saturated rings. The van der Waals surface area contributed by atoms with Crippen molar-refractivity contribution in [3.05, 3.63) is 53.6 Å². The van der Waals surface area contributed by atoms with E-state index in [9.17, 15) is 5.11 Å². The summed E-state index contributed by atoms with van der Waals surface area (Å²) in [6.45, 7) is 0. The summed E-state index contributed by atoms with van der Waals surface area (Å²) < 4.78 is 15.8. The van der Waals surface area contributed by atoms with Crippen LogP contribution in [0, 0.1) is 11.8 Å². The van der Waals surface area contributed by atoms with Gasteiger partial charge in [-0.25, -0.2) is 0 Å². The average Bonchev–Trinajstić information content (AvgIpc) is 2.59. The summed E-state index contributed by atoms with van der Waals surface area (Å²) in [5.74, 6) is 7.19. The highest BCUT2D eigenvalue weighted by atomic mass is 16.5. The van der Waals surface area contributed by atoms with Crippen LogP contribution in [0.2, 0.25) is 0 Å². The molecule has 0 unspecified atom stereocenters. The number of methoxy groups -OCH3 is 3. The van der Waals surface area contributed by atoms with E-state index in [-0.39, 0.29) is 0 Å². The standard InChI is InChI=1S/C18H18O4/c1-20-16-11-14(12-17(21-2)18(16)22-3)15(19)10-9-13-7-5-4-6-8-13/h4-8,11-12,15,19H,1-3H3/t15-/m0/s1. The highest BCUT2D eigenvalue weighted by Gasteiger charge is 2.16. The predicted octanol–water partition coefficient (Wildman–Crippen LogP) is 2.80. The lowest BCUT2D eigenvalue weighted by molar-refractivity contribution is 0.236. The van der Waals surface area contributed by atoms with Crippen molar-refractivity contribution in [3.8, 4) is 29.1 Å². The molecule has 2 rings (SSSR count). The van der Waals surface area contributed by atoms with Gasteiger partial charge in [0.15, 0.2) is 11.5 Å². The molecule has 1 N–H and O–H groups in total. The van der Waals surface area contributed by atoms with Gasteiger partial charge in [-0.3, -0.25) is 0 Å². The zero-order chi connectivity index (χ0) is 15.9. The Morgan fingerprint density at radius 3 is 2.00 bits per heavy atom. The maximum Gasteiger partial charge on any atom is 0.203 e. The van der Waals surface area contributed by atoms with Crippen LogP contribution in [0.3, 0.4) is 0 Å². The fourth-order valence-electron chi connectivity index (χ4n) is 2.02. The Balaban J connectivity index is 2.34. The van der Waals surface area contributed by atoms with Crippen molar-refractivity contribution in [1.29, 1.82) is 0 Å². The molecular weight excluding hydrogens is 280 g/mol. The molecule has 0 aliphatic carbocycles. The van der Waals surface area contributed by atoms with Crippen molar-refractivity contribution in [3.63, 3.8) is 0 Å². The van der Waals surface area contributed by atoms with Crippen molar-refractivity contribution in [2.24, 2.45) is 0 Å². The van der Waals surface area contributed by atoms with Crippen molar-refractivity contribution in [1.82, 2.24) is 0 Å². The molecule has 0 bridgehead atoms. The highest BCUT2D eigenvalue weighted by Crippen LogP contribution is 2.39. The van der Waals surface area contributed by atoms with E-state index in [0.29, 0.717) is 22.8 Å². The second-order valence-corrected chi connectivity index (χ2v) is 4.50. The van der Waals surface area contributed by atoms with Gasteiger partial charge in [0.05, 0.1) is 21.3 Å². The topological polar surface area (TPSA) is 47.9 Å². The lowest BCUT2D eigenvalue weighted by atomic mass is 10.1. The van der Waals surface area contributed by atoms with E-state index in [0.717, 1.165) is 5.56 Å². The summed E-state index contributed by atoms with van der Waals surface area (Å²) >= 11 is 0. The molecule has 0 heterocycles. The number of aliphatic hydroxyl groups excluding tert-OH is 1. The minimum absolute atomic E-state index is 0.483. The van der Waals surface area contributed by atoms with Gasteiger partial charge in [0.25, 0.3) is 0 Å². The molecule has 0 saturated carbocycles. The first kappa shape index (κ1) is 15.7. The third-order valence-corrected chi connectivity index (χ3v) is 3.13. The van der Waals surface area contributed by atoms with Crippen LogP contribution in [0.4, 0.5) is 0 Å². The lowest BCUT2D eigenvalue weighted by Gasteiger charge is -2.14. The van der Waals surface area contributed by atoms with E-state index in [2.05, 4.69) is 11.8 Å². The molecule has 4 nitrogen and oxygen atoms in total. The molecule has 22 heavy (non-hydrogen) atoms. The SMILES string of the molecule is COc1cc([C@@H](O)C#Cc2ccccc2)cc(OC)c1OC. The second-order valence-electron chi connectivity index (χ2n) is 4.50. The highest BCUT2D eigenvalue weighted by molar-refractivity contribution is 5.55. The van der Waals surface area contributed by atoms with Crippen LogP contribution in [0.1, 0.15) is 17.2 Å². The number of ether oxygens (including phenoxy) is 3. The second kappa shape index (κ2) is 7.39. The van der Waals surface area contributed by atoms with Gasteiger partial charge in [0.2, 0.25) is 5.75 Å². The third kappa shape index (κ3) is 3.51. The van der Waals surface area contributed by atoms with Gasteiger partial charge in [0, 0.05) is 11.1 Å². The van der Waals surface area contributed by atoms with E-state index in [4.69, 9.17) is 14.2 Å². The molecule has 2 aromatic rings. The van der Waals surface area contributed by atoms with Gasteiger partial charge in [-0.15, -0.1) is 0 Å². The van der Waals surface area contributed by atoms with Crippen molar-refractivity contribution in [2.45, 2.75) is 6.10 Å². The van der Waals surface area contributed by atoms with Crippen molar-refractivity contribution in [2.75, 3.05) is 21.3 Å². The van der Waals surface area contributed by atoms with Crippen LogP contribution < -0.4 is 14.2 Å². The van der Waals surface area contributed by atoms with E-state index in [1.54, 1.807) is 12.1 Å². The zero-order valence-electron chi connectivity index (χ0n) is 12.8. The van der Waals surface area contributed by atoms with Gasteiger partial charge in [-0.2, -0.15) is 0 Å². The molecular formula is C18H18O4. The van der Waals surface area contributed by atoms with Crippen LogP contribution in [0.25, 0.3) is 0 Å². The Morgan fingerprint density at radius 1 is 0.909 bits per heavy atom. The third-order valence-electron chi connectivity index (χ3n) is 3.13. The van der Waals surface area contributed by atoms with Crippen LogP contribution in [0.15, 0.2) is 42.5 Å². The summed E-state index contributed by atoms with van der Waals surface area (Å²) in [5.41, 5.74) is 1.42. The van der Waals surface area contributed by atoms with Crippen LogP contribution in [0.5, 0.6) is 17.2 Å². The number of hydrogen-bond donors (Lipinski definition) is 1. The molecule has 4 heteroatoms. The molecule has 0 amide bonds. The smallest absolute Gasteiger partial charge is 0.203 e. The fraction of sp³-hybridized carbons (Fsp3) is 0.222. The predicted molar refractivity (Wildman–Crippen MR) is 84.4 cm³/mol. The Hall–Kier alpha value is -2.64. The summed E-state index contributed by atoms with van der Waals surface area (Å²) in [7, 11) is 4.60. The molecule has 1 atom stereocenters. The van der Waals surface area contributed by atoms with Crippen LogP contribution >= 0.6 is 0 Å². The molecule has 0 aliphatic rings. The monoisotopic (exact) mass is 298 g/mol. The normalized spacial score (nSPS) is 11.1. The number of rotatable bonds is 4. The average molecular weight is 298 g/mol. The number of hydrogen-bond acceptors (Lipinski definition) is 4. The summed E-state index contributed by atoms with van der Waals surface area (Å²) in [6.07, 6.45) is -0.950. The molecule has 0 spiro atoms. The minimum atomic E-state index is -0.950. The van der Waals surface area contributed by atoms with Gasteiger partial charge in [-0.05, 0) is 24.3 Å². The van der Waals surface area contributed by atoms with E-state index >= 15 is 0 Å². The molecule has 0 saturated heterocycles. The van der Waals surface area contributed by atoms with E-state index in [1.165, 1.54) is 21.3 Å². The van der Waals surface area contributed by atoms with Crippen LogP contribution in [-0.2, 0) is 0 Å². The summed E-state index contributed by atoms with van der Waals surface area (Å²) in [5, 5.41) is 10.3. The largest absolute Gasteiger partial charge is 0.493 e. The zero-order valence-corrected chi connectivity index (χ0v) is 12.8. The summed E-state index contributed by atoms with van der Waals surface area (Å²) in [6, 6.07) is 12.9. The van der Waals surface area contributed by atoms with Gasteiger partial charge in [0.1, 0.15) is 6.10 Å². The van der Waals surface area contributed by atoms with E-state index in [1.807, 2.05) is 30.3 Å². The Bertz CT molecular complexity index is 658. The Morgan fingerprint density at radius 2 is 1.50 bits per heavy atom. The van der Waals surface area contributed by atoms with Gasteiger partial charge < -0.3 is 19.3 Å². The molecule has 0 aliphatic heterocycles. The molecule has 114 valence electrons. The Labute approximate surface area is 130 Å². The Kier molecular flexibility index (Phi) is 5.29. The lowest BCUT2D eigenvalue weighted by Crippen LogP contribution is -2.00. The van der Waals surface area contributed by atoms with Gasteiger partial charge >= 0.3 is 0 Å². The molecule has 0 radical (unpaired) electrons. The molecule has 2 aromatic carbocycles.